The molecule has 0 atom stereocenters. The van der Waals surface area contributed by atoms with Gasteiger partial charge >= 0.3 is 5.69 Å². The fourth-order valence-corrected chi connectivity index (χ4v) is 3.96. The number of hydrogen-bond donors (Lipinski definition) is 1. The third kappa shape index (κ3) is 3.33. The number of amides is 1. The first-order valence-electron chi connectivity index (χ1n) is 9.35. The smallest absolute Gasteiger partial charge is 0.330 e. The summed E-state index contributed by atoms with van der Waals surface area (Å²) >= 11 is 1.41. The zero-order valence-electron chi connectivity index (χ0n) is 16.5. The Kier molecular flexibility index (Phi) is 5.04. The molecular weight excluding hydrogens is 402 g/mol. The molecule has 1 aromatic carbocycles. The molecule has 4 rings (SSSR count). The Morgan fingerprint density at radius 3 is 2.43 bits per heavy atom. The molecule has 0 bridgehead atoms. The molecule has 2 N–H and O–H groups in total. The number of benzene rings is 1. The number of aryl methyl sites for hydroxylation is 2. The number of nitrogens with zero attached hydrogens (tertiary/aromatic N) is 4. The molecule has 3 aromatic heterocycles. The van der Waals surface area contributed by atoms with Gasteiger partial charge in [-0.25, -0.2) is 14.8 Å². The molecule has 0 radical (unpaired) electrons. The van der Waals surface area contributed by atoms with E-state index in [1.54, 1.807) is 19.1 Å². The number of fused-ring (bicyclic) bond motifs is 1. The Labute approximate surface area is 175 Å². The number of rotatable bonds is 6. The van der Waals surface area contributed by atoms with E-state index in [1.807, 2.05) is 36.6 Å². The minimum atomic E-state index is -0.787. The van der Waals surface area contributed by atoms with E-state index >= 15 is 0 Å². The Bertz CT molecular complexity index is 1320. The van der Waals surface area contributed by atoms with Crippen molar-refractivity contribution in [3.05, 3.63) is 69.1 Å². The van der Waals surface area contributed by atoms with E-state index in [0.29, 0.717) is 17.9 Å². The second-order valence-corrected chi connectivity index (χ2v) is 7.76. The van der Waals surface area contributed by atoms with Gasteiger partial charge in [0.25, 0.3) is 5.91 Å². The fourth-order valence-electron chi connectivity index (χ4n) is 3.31. The van der Waals surface area contributed by atoms with Gasteiger partial charge in [0.2, 0.25) is 0 Å². The van der Waals surface area contributed by atoms with Crippen LogP contribution in [0.25, 0.3) is 21.9 Å². The van der Waals surface area contributed by atoms with E-state index in [0.717, 1.165) is 10.4 Å². The maximum Gasteiger partial charge on any atom is 0.330 e. The standard InChI is InChI=1S/C21H19N5O3S/c1-3-25-20-17(16(18(22)28)23-19(24-20)15-5-4-10-30-15)26(21(25)29)11-14(27)13-8-6-12(2)7-9-13/h4-10H,3,11H2,1-2H3,(H2,22,28). The topological polar surface area (TPSA) is 113 Å². The van der Waals surface area contributed by atoms with Gasteiger partial charge in [0.15, 0.2) is 22.9 Å². The van der Waals surface area contributed by atoms with Gasteiger partial charge in [-0.15, -0.1) is 11.3 Å². The van der Waals surface area contributed by atoms with Crippen molar-refractivity contribution in [2.45, 2.75) is 26.9 Å². The van der Waals surface area contributed by atoms with Gasteiger partial charge in [-0.3, -0.25) is 18.7 Å². The normalized spacial score (nSPS) is 11.1. The van der Waals surface area contributed by atoms with Crippen LogP contribution in [-0.4, -0.2) is 30.8 Å². The van der Waals surface area contributed by atoms with Crippen LogP contribution in [0.1, 0.15) is 33.3 Å². The number of primary amides is 1. The van der Waals surface area contributed by atoms with Crippen LogP contribution in [0.4, 0.5) is 0 Å². The van der Waals surface area contributed by atoms with Gasteiger partial charge in [0, 0.05) is 12.1 Å². The Morgan fingerprint density at radius 1 is 1.10 bits per heavy atom. The summed E-state index contributed by atoms with van der Waals surface area (Å²) < 4.78 is 2.66. The number of ketones is 1. The van der Waals surface area contributed by atoms with Gasteiger partial charge in [-0.1, -0.05) is 35.9 Å². The molecule has 9 heteroatoms. The first-order valence-corrected chi connectivity index (χ1v) is 10.2. The Morgan fingerprint density at radius 2 is 1.83 bits per heavy atom. The number of thiophene rings is 1. The summed E-state index contributed by atoms with van der Waals surface area (Å²) in [6, 6.07) is 10.7. The summed E-state index contributed by atoms with van der Waals surface area (Å²) in [4.78, 5) is 47.7. The summed E-state index contributed by atoms with van der Waals surface area (Å²) in [5, 5.41) is 1.87. The lowest BCUT2D eigenvalue weighted by Gasteiger charge is -2.07. The molecule has 30 heavy (non-hydrogen) atoms. The lowest BCUT2D eigenvalue weighted by molar-refractivity contribution is 0.0966. The largest absolute Gasteiger partial charge is 0.364 e. The predicted molar refractivity (Wildman–Crippen MR) is 115 cm³/mol. The van der Waals surface area contributed by atoms with E-state index in [1.165, 1.54) is 20.5 Å². The van der Waals surface area contributed by atoms with Crippen molar-refractivity contribution in [2.75, 3.05) is 0 Å². The summed E-state index contributed by atoms with van der Waals surface area (Å²) in [7, 11) is 0. The monoisotopic (exact) mass is 421 g/mol. The number of aromatic nitrogens is 4. The van der Waals surface area contributed by atoms with Crippen LogP contribution in [-0.2, 0) is 13.1 Å². The molecular formula is C21H19N5O3S. The zero-order valence-corrected chi connectivity index (χ0v) is 17.3. The second-order valence-electron chi connectivity index (χ2n) is 6.81. The molecule has 1 amide bonds. The van der Waals surface area contributed by atoms with E-state index < -0.39 is 11.6 Å². The first-order chi connectivity index (χ1) is 14.4. The van der Waals surface area contributed by atoms with Gasteiger partial charge in [-0.05, 0) is 25.3 Å². The number of Topliss-reactive ketones (excluding diaryl/α,β-unsaturated/α-hetero) is 1. The lowest BCUT2D eigenvalue weighted by atomic mass is 10.1. The minimum absolute atomic E-state index is 0.0793. The molecule has 8 nitrogen and oxygen atoms in total. The number of hydrogen-bond acceptors (Lipinski definition) is 6. The molecule has 0 spiro atoms. The number of imidazole rings is 1. The maximum atomic E-state index is 13.1. The fraction of sp³-hybridized carbons (Fsp3) is 0.190. The van der Waals surface area contributed by atoms with Crippen LogP contribution in [0.15, 0.2) is 46.6 Å². The zero-order chi connectivity index (χ0) is 21.4. The van der Waals surface area contributed by atoms with Crippen molar-refractivity contribution in [3.63, 3.8) is 0 Å². The molecule has 4 aromatic rings. The van der Waals surface area contributed by atoms with E-state index in [-0.39, 0.29) is 29.2 Å². The molecule has 0 aliphatic carbocycles. The molecule has 0 aliphatic rings. The van der Waals surface area contributed by atoms with Gasteiger partial charge in [-0.2, -0.15) is 0 Å². The highest BCUT2D eigenvalue weighted by atomic mass is 32.1. The van der Waals surface area contributed by atoms with Crippen molar-refractivity contribution < 1.29 is 9.59 Å². The number of carbonyl (C=O) groups is 2. The molecule has 152 valence electrons. The third-order valence-corrected chi connectivity index (χ3v) is 5.69. The summed E-state index contributed by atoms with van der Waals surface area (Å²) in [6.45, 7) is 3.80. The highest BCUT2D eigenvalue weighted by Crippen LogP contribution is 2.25. The van der Waals surface area contributed by atoms with Crippen molar-refractivity contribution in [3.8, 4) is 10.7 Å². The molecule has 0 saturated carbocycles. The maximum absolute atomic E-state index is 13.1. The Balaban J connectivity index is 1.92. The molecule has 0 fully saturated rings. The highest BCUT2D eigenvalue weighted by molar-refractivity contribution is 7.13. The van der Waals surface area contributed by atoms with E-state index in [9.17, 15) is 14.4 Å². The van der Waals surface area contributed by atoms with Gasteiger partial charge < -0.3 is 5.73 Å². The summed E-state index contributed by atoms with van der Waals surface area (Å²) in [5.41, 5.74) is 7.04. The van der Waals surface area contributed by atoms with Crippen LogP contribution in [0.2, 0.25) is 0 Å². The molecule has 0 unspecified atom stereocenters. The van der Waals surface area contributed by atoms with Gasteiger partial charge in [0.05, 0.1) is 11.4 Å². The van der Waals surface area contributed by atoms with Crippen LogP contribution >= 0.6 is 11.3 Å². The quantitative estimate of drug-likeness (QED) is 0.481. The third-order valence-electron chi connectivity index (χ3n) is 4.82. The minimum Gasteiger partial charge on any atom is -0.364 e. The number of carbonyl (C=O) groups excluding carboxylic acids is 2. The summed E-state index contributed by atoms with van der Waals surface area (Å²) in [6.07, 6.45) is 0. The first kappa shape index (κ1) is 19.7. The second kappa shape index (κ2) is 7.68. The van der Waals surface area contributed by atoms with Crippen LogP contribution in [0.5, 0.6) is 0 Å². The number of nitrogens with two attached hydrogens (primary N) is 1. The molecule has 0 saturated heterocycles. The summed E-state index contributed by atoms with van der Waals surface area (Å²) in [5.74, 6) is -0.731. The average molecular weight is 421 g/mol. The van der Waals surface area contributed by atoms with Crippen LogP contribution in [0.3, 0.4) is 0 Å². The predicted octanol–water partition coefficient (Wildman–Crippen LogP) is 2.63. The van der Waals surface area contributed by atoms with Crippen molar-refractivity contribution >= 4 is 34.2 Å². The SMILES string of the molecule is CCn1c(=O)n(CC(=O)c2ccc(C)cc2)c2c(C(N)=O)nc(-c3cccs3)nc21. The highest BCUT2D eigenvalue weighted by Gasteiger charge is 2.24. The van der Waals surface area contributed by atoms with Crippen molar-refractivity contribution in [2.24, 2.45) is 5.73 Å². The molecule has 3 heterocycles. The van der Waals surface area contributed by atoms with Crippen LogP contribution < -0.4 is 11.4 Å². The van der Waals surface area contributed by atoms with E-state index in [2.05, 4.69) is 9.97 Å². The van der Waals surface area contributed by atoms with Crippen molar-refractivity contribution in [1.29, 1.82) is 0 Å². The Hall–Kier alpha value is -3.59. The van der Waals surface area contributed by atoms with Crippen molar-refractivity contribution in [1.82, 2.24) is 19.1 Å². The van der Waals surface area contributed by atoms with E-state index in [4.69, 9.17) is 5.73 Å². The van der Waals surface area contributed by atoms with Crippen LogP contribution in [0, 0.1) is 6.92 Å². The van der Waals surface area contributed by atoms with Gasteiger partial charge in [0.1, 0.15) is 5.52 Å². The molecule has 0 aliphatic heterocycles. The lowest BCUT2D eigenvalue weighted by Crippen LogP contribution is -2.27. The average Bonchev–Trinajstić information content (AvgIpc) is 3.35.